The number of aromatic nitrogens is 1. The van der Waals surface area contributed by atoms with Crippen molar-refractivity contribution in [3.63, 3.8) is 0 Å². The van der Waals surface area contributed by atoms with Crippen molar-refractivity contribution in [2.45, 2.75) is 18.6 Å². The Morgan fingerprint density at radius 2 is 1.96 bits per heavy atom. The van der Waals surface area contributed by atoms with Crippen LogP contribution in [0.3, 0.4) is 0 Å². The fraction of sp³-hybridized carbons (Fsp3) is 0.263. The summed E-state index contributed by atoms with van der Waals surface area (Å²) in [6.07, 6.45) is 2.06. The van der Waals surface area contributed by atoms with E-state index in [2.05, 4.69) is 10.3 Å². The number of rotatable bonds is 4. The van der Waals surface area contributed by atoms with Gasteiger partial charge in [-0.25, -0.2) is 9.59 Å². The Kier molecular flexibility index (Phi) is 4.02. The van der Waals surface area contributed by atoms with Crippen molar-refractivity contribution in [2.24, 2.45) is 0 Å². The van der Waals surface area contributed by atoms with Gasteiger partial charge in [0.2, 0.25) is 0 Å². The van der Waals surface area contributed by atoms with E-state index in [0.29, 0.717) is 11.3 Å². The lowest BCUT2D eigenvalue weighted by atomic mass is 9.93. The number of cyclic esters (lactones) is 1. The van der Waals surface area contributed by atoms with Crippen molar-refractivity contribution in [1.82, 2.24) is 15.2 Å². The molecule has 2 aromatic rings. The van der Waals surface area contributed by atoms with Crippen molar-refractivity contribution in [2.75, 3.05) is 18.0 Å². The molecule has 4 rings (SSSR count). The summed E-state index contributed by atoms with van der Waals surface area (Å²) in [7, 11) is 0. The molecule has 2 atom stereocenters. The topological polar surface area (TPSA) is 91.8 Å². The van der Waals surface area contributed by atoms with Crippen LogP contribution in [0.15, 0.2) is 54.9 Å². The standard InChI is InChI=1S/C19H18N4O4/c1-19(13-6-5-9-20-10-13)16(24)23(17(25)21-19)12-15-11-22(18(26)27-15)14-7-3-2-4-8-14/h2-10,15H,11-12H2,1H3,(H,21,25)/t15-,19-/m0/s1. The van der Waals surface area contributed by atoms with Crippen LogP contribution in [0, 0.1) is 0 Å². The molecular formula is C19H18N4O4. The molecule has 138 valence electrons. The van der Waals surface area contributed by atoms with Gasteiger partial charge < -0.3 is 10.1 Å². The number of ether oxygens (including phenoxy) is 1. The Bertz CT molecular complexity index is 889. The fourth-order valence-electron chi connectivity index (χ4n) is 3.36. The van der Waals surface area contributed by atoms with Crippen LogP contribution in [0.25, 0.3) is 0 Å². The molecule has 0 aliphatic carbocycles. The van der Waals surface area contributed by atoms with Crippen LogP contribution >= 0.6 is 0 Å². The van der Waals surface area contributed by atoms with Gasteiger partial charge >= 0.3 is 12.1 Å². The summed E-state index contributed by atoms with van der Waals surface area (Å²) in [6, 6.07) is 12.0. The average molecular weight is 366 g/mol. The molecule has 1 N–H and O–H groups in total. The number of nitrogens with one attached hydrogen (secondary N) is 1. The SMILES string of the molecule is C[C@@]1(c2cccnc2)NC(=O)N(C[C@@H]2CN(c3ccccc3)C(=O)O2)C1=O. The number of anilines is 1. The maximum atomic E-state index is 12.9. The number of carbonyl (C=O) groups is 3. The third kappa shape index (κ3) is 2.88. The zero-order valence-corrected chi connectivity index (χ0v) is 14.7. The first-order valence-electron chi connectivity index (χ1n) is 8.57. The molecule has 2 saturated heterocycles. The van der Waals surface area contributed by atoms with Crippen LogP contribution < -0.4 is 10.2 Å². The van der Waals surface area contributed by atoms with Crippen molar-refractivity contribution < 1.29 is 19.1 Å². The minimum absolute atomic E-state index is 0.00437. The summed E-state index contributed by atoms with van der Waals surface area (Å²) in [6.45, 7) is 1.90. The van der Waals surface area contributed by atoms with E-state index in [9.17, 15) is 14.4 Å². The second-order valence-corrected chi connectivity index (χ2v) is 6.66. The van der Waals surface area contributed by atoms with Gasteiger partial charge in [0.05, 0.1) is 13.1 Å². The molecule has 8 nitrogen and oxygen atoms in total. The molecule has 27 heavy (non-hydrogen) atoms. The highest BCUT2D eigenvalue weighted by Gasteiger charge is 2.50. The quantitative estimate of drug-likeness (QED) is 0.834. The molecule has 0 unspecified atom stereocenters. The van der Waals surface area contributed by atoms with Gasteiger partial charge in [-0.1, -0.05) is 24.3 Å². The molecule has 0 spiro atoms. The maximum absolute atomic E-state index is 12.9. The Morgan fingerprint density at radius 1 is 1.19 bits per heavy atom. The number of nitrogens with zero attached hydrogens (tertiary/aromatic N) is 3. The molecule has 2 aliphatic heterocycles. The molecule has 8 heteroatoms. The van der Waals surface area contributed by atoms with Crippen molar-refractivity contribution in [3.05, 3.63) is 60.4 Å². The first kappa shape index (κ1) is 17.0. The van der Waals surface area contributed by atoms with Gasteiger partial charge in [0, 0.05) is 23.6 Å². The van der Waals surface area contributed by atoms with Crippen molar-refractivity contribution >= 4 is 23.7 Å². The third-order valence-electron chi connectivity index (χ3n) is 4.84. The van der Waals surface area contributed by atoms with Gasteiger partial charge in [-0.05, 0) is 25.1 Å². The predicted molar refractivity (Wildman–Crippen MR) is 95.9 cm³/mol. The number of urea groups is 1. The van der Waals surface area contributed by atoms with Crippen molar-refractivity contribution in [1.29, 1.82) is 0 Å². The normalized spacial score (nSPS) is 24.9. The summed E-state index contributed by atoms with van der Waals surface area (Å²) in [5, 5.41) is 2.72. The molecule has 2 aliphatic rings. The lowest BCUT2D eigenvalue weighted by molar-refractivity contribution is -0.131. The summed E-state index contributed by atoms with van der Waals surface area (Å²) < 4.78 is 5.36. The highest BCUT2D eigenvalue weighted by atomic mass is 16.6. The van der Waals surface area contributed by atoms with Crippen LogP contribution in [-0.4, -0.2) is 47.1 Å². The molecule has 2 fully saturated rings. The molecule has 4 amide bonds. The number of amides is 4. The van der Waals surface area contributed by atoms with E-state index in [1.807, 2.05) is 18.2 Å². The van der Waals surface area contributed by atoms with Crippen LogP contribution in [0.1, 0.15) is 12.5 Å². The van der Waals surface area contributed by atoms with E-state index in [-0.39, 0.29) is 13.1 Å². The highest BCUT2D eigenvalue weighted by molar-refractivity contribution is 6.07. The highest BCUT2D eigenvalue weighted by Crippen LogP contribution is 2.29. The number of hydrogen-bond acceptors (Lipinski definition) is 5. The Balaban J connectivity index is 1.50. The van der Waals surface area contributed by atoms with Gasteiger partial charge in [-0.2, -0.15) is 0 Å². The second kappa shape index (κ2) is 6.39. The van der Waals surface area contributed by atoms with Crippen LogP contribution in [0.4, 0.5) is 15.3 Å². The average Bonchev–Trinajstić information content (AvgIpc) is 3.16. The monoisotopic (exact) mass is 366 g/mol. The molecule has 0 bridgehead atoms. The second-order valence-electron chi connectivity index (χ2n) is 6.66. The minimum Gasteiger partial charge on any atom is -0.442 e. The zero-order valence-electron chi connectivity index (χ0n) is 14.7. The Labute approximate surface area is 155 Å². The lowest BCUT2D eigenvalue weighted by Gasteiger charge is -2.22. The van der Waals surface area contributed by atoms with E-state index in [4.69, 9.17) is 4.74 Å². The largest absolute Gasteiger partial charge is 0.442 e. The number of pyridine rings is 1. The van der Waals surface area contributed by atoms with E-state index >= 15 is 0 Å². The number of hydrogen-bond donors (Lipinski definition) is 1. The summed E-state index contributed by atoms with van der Waals surface area (Å²) in [5.74, 6) is -0.394. The van der Waals surface area contributed by atoms with Gasteiger partial charge in [0.25, 0.3) is 5.91 Å². The van der Waals surface area contributed by atoms with Gasteiger partial charge in [-0.15, -0.1) is 0 Å². The zero-order chi connectivity index (χ0) is 19.0. The summed E-state index contributed by atoms with van der Waals surface area (Å²) >= 11 is 0. The predicted octanol–water partition coefficient (Wildman–Crippen LogP) is 1.87. The fourth-order valence-corrected chi connectivity index (χ4v) is 3.36. The summed E-state index contributed by atoms with van der Waals surface area (Å²) in [4.78, 5) is 44.1. The molecule has 0 saturated carbocycles. The van der Waals surface area contributed by atoms with E-state index < -0.39 is 29.7 Å². The first-order valence-corrected chi connectivity index (χ1v) is 8.57. The van der Waals surface area contributed by atoms with Gasteiger partial charge in [0.1, 0.15) is 11.6 Å². The van der Waals surface area contributed by atoms with E-state index in [0.717, 1.165) is 4.90 Å². The lowest BCUT2D eigenvalue weighted by Crippen LogP contribution is -2.42. The molecule has 1 aromatic heterocycles. The smallest absolute Gasteiger partial charge is 0.414 e. The maximum Gasteiger partial charge on any atom is 0.414 e. The van der Waals surface area contributed by atoms with Crippen LogP contribution in [-0.2, 0) is 15.1 Å². The number of benzene rings is 1. The van der Waals surface area contributed by atoms with Gasteiger partial charge in [-0.3, -0.25) is 19.6 Å². The number of carbonyl (C=O) groups excluding carboxylic acids is 3. The molecule has 3 heterocycles. The molecular weight excluding hydrogens is 348 g/mol. The van der Waals surface area contributed by atoms with E-state index in [1.54, 1.807) is 43.6 Å². The number of imide groups is 1. The minimum atomic E-state index is -1.19. The Hall–Kier alpha value is -3.42. The summed E-state index contributed by atoms with van der Waals surface area (Å²) in [5.41, 5.74) is 0.121. The number of para-hydroxylation sites is 1. The van der Waals surface area contributed by atoms with Gasteiger partial charge in [0.15, 0.2) is 0 Å². The Morgan fingerprint density at radius 3 is 2.67 bits per heavy atom. The van der Waals surface area contributed by atoms with Crippen molar-refractivity contribution in [3.8, 4) is 0 Å². The first-order chi connectivity index (χ1) is 13.0. The van der Waals surface area contributed by atoms with Crippen LogP contribution in [0.5, 0.6) is 0 Å². The van der Waals surface area contributed by atoms with E-state index in [1.165, 1.54) is 4.90 Å². The third-order valence-corrected chi connectivity index (χ3v) is 4.84. The molecule has 1 aromatic carbocycles. The molecule has 0 radical (unpaired) electrons. The van der Waals surface area contributed by atoms with Crippen LogP contribution in [0.2, 0.25) is 0 Å².